The van der Waals surface area contributed by atoms with Crippen LogP contribution in [0.15, 0.2) is 35.1 Å². The lowest BCUT2D eigenvalue weighted by atomic mass is 10.2. The fourth-order valence-electron chi connectivity index (χ4n) is 2.31. The highest BCUT2D eigenvalue weighted by Crippen LogP contribution is 2.23. The molecule has 7 nitrogen and oxygen atoms in total. The molecule has 1 aliphatic rings. The van der Waals surface area contributed by atoms with Gasteiger partial charge in [0.25, 0.3) is 5.89 Å². The van der Waals surface area contributed by atoms with Gasteiger partial charge in [-0.1, -0.05) is 5.16 Å². The second-order valence-corrected chi connectivity index (χ2v) is 4.78. The number of fused-ring (bicyclic) bond motifs is 1. The molecule has 2 aromatic heterocycles. The number of hydrogen-bond acceptors (Lipinski definition) is 7. The summed E-state index contributed by atoms with van der Waals surface area (Å²) in [6.45, 7) is 2.20. The zero-order valence-electron chi connectivity index (χ0n) is 11.2. The van der Waals surface area contributed by atoms with Crippen LogP contribution in [0.25, 0.3) is 22.5 Å². The zero-order chi connectivity index (χ0) is 14.1. The van der Waals surface area contributed by atoms with Crippen molar-refractivity contribution in [2.75, 3.05) is 19.7 Å². The predicted octanol–water partition coefficient (Wildman–Crippen LogP) is 1.34. The first kappa shape index (κ1) is 12.4. The van der Waals surface area contributed by atoms with Crippen molar-refractivity contribution in [2.45, 2.75) is 6.10 Å². The Morgan fingerprint density at radius 1 is 1.14 bits per heavy atom. The molecule has 3 heterocycles. The van der Waals surface area contributed by atoms with Gasteiger partial charge in [-0.15, -0.1) is 0 Å². The molecule has 0 radical (unpaired) electrons. The van der Waals surface area contributed by atoms with Crippen molar-refractivity contribution in [1.82, 2.24) is 25.4 Å². The van der Waals surface area contributed by atoms with Gasteiger partial charge in [0.2, 0.25) is 5.82 Å². The smallest absolute Gasteiger partial charge is 0.258 e. The summed E-state index contributed by atoms with van der Waals surface area (Å²) in [6.07, 6.45) is 3.17. The van der Waals surface area contributed by atoms with Crippen LogP contribution in [0.1, 0.15) is 11.9 Å². The molecule has 1 unspecified atom stereocenters. The molecule has 4 rings (SSSR count). The van der Waals surface area contributed by atoms with Gasteiger partial charge in [0.15, 0.2) is 0 Å². The van der Waals surface area contributed by atoms with E-state index in [0.29, 0.717) is 24.9 Å². The minimum atomic E-state index is -0.156. The molecule has 1 fully saturated rings. The highest BCUT2D eigenvalue weighted by molar-refractivity contribution is 5.79. The summed E-state index contributed by atoms with van der Waals surface area (Å²) < 4.78 is 10.9. The highest BCUT2D eigenvalue weighted by Gasteiger charge is 2.22. The average Bonchev–Trinajstić information content (AvgIpc) is 3.05. The Bertz CT molecular complexity index is 767. The monoisotopic (exact) mass is 283 g/mol. The van der Waals surface area contributed by atoms with E-state index in [9.17, 15) is 0 Å². The molecule has 106 valence electrons. The van der Waals surface area contributed by atoms with Crippen LogP contribution in [0.3, 0.4) is 0 Å². The molecule has 0 spiro atoms. The minimum Gasteiger partial charge on any atom is -0.367 e. The van der Waals surface area contributed by atoms with E-state index in [4.69, 9.17) is 9.26 Å². The van der Waals surface area contributed by atoms with E-state index in [0.717, 1.165) is 23.1 Å². The van der Waals surface area contributed by atoms with E-state index < -0.39 is 0 Å². The maximum Gasteiger partial charge on any atom is 0.258 e. The van der Waals surface area contributed by atoms with Gasteiger partial charge in [-0.2, -0.15) is 4.98 Å². The fourth-order valence-corrected chi connectivity index (χ4v) is 2.31. The van der Waals surface area contributed by atoms with Crippen LogP contribution >= 0.6 is 0 Å². The van der Waals surface area contributed by atoms with E-state index in [1.165, 1.54) is 0 Å². The third-order valence-corrected chi connectivity index (χ3v) is 3.37. The van der Waals surface area contributed by atoms with Crippen molar-refractivity contribution < 1.29 is 9.26 Å². The van der Waals surface area contributed by atoms with Crippen LogP contribution < -0.4 is 5.32 Å². The molecule has 7 heteroatoms. The van der Waals surface area contributed by atoms with E-state index in [1.807, 2.05) is 18.2 Å². The van der Waals surface area contributed by atoms with E-state index in [1.54, 1.807) is 12.4 Å². The largest absolute Gasteiger partial charge is 0.367 e. The highest BCUT2D eigenvalue weighted by atomic mass is 16.5. The van der Waals surface area contributed by atoms with Crippen LogP contribution in [0.4, 0.5) is 0 Å². The molecule has 0 bridgehead atoms. The lowest BCUT2D eigenvalue weighted by molar-refractivity contribution is 0.0208. The summed E-state index contributed by atoms with van der Waals surface area (Å²) in [6, 6.07) is 5.67. The van der Waals surface area contributed by atoms with E-state index in [-0.39, 0.29) is 6.10 Å². The third kappa shape index (κ3) is 2.37. The Balaban J connectivity index is 1.67. The second-order valence-electron chi connectivity index (χ2n) is 4.78. The molecule has 21 heavy (non-hydrogen) atoms. The van der Waals surface area contributed by atoms with Gasteiger partial charge in [-0.05, 0) is 18.2 Å². The van der Waals surface area contributed by atoms with Gasteiger partial charge in [0.05, 0.1) is 17.6 Å². The van der Waals surface area contributed by atoms with Crippen LogP contribution in [0.2, 0.25) is 0 Å². The van der Waals surface area contributed by atoms with E-state index in [2.05, 4.69) is 25.4 Å². The predicted molar refractivity (Wildman–Crippen MR) is 74.4 cm³/mol. The first-order valence-electron chi connectivity index (χ1n) is 6.77. The lowest BCUT2D eigenvalue weighted by Crippen LogP contribution is -2.33. The van der Waals surface area contributed by atoms with Crippen LogP contribution in [-0.4, -0.2) is 39.8 Å². The summed E-state index contributed by atoms with van der Waals surface area (Å²) in [4.78, 5) is 12.9. The second kappa shape index (κ2) is 5.19. The van der Waals surface area contributed by atoms with E-state index >= 15 is 0 Å². The number of aromatic nitrogens is 4. The van der Waals surface area contributed by atoms with Gasteiger partial charge in [-0.25, -0.2) is 0 Å². The van der Waals surface area contributed by atoms with Crippen molar-refractivity contribution in [3.05, 3.63) is 36.4 Å². The molecular formula is C14H13N5O2. The summed E-state index contributed by atoms with van der Waals surface area (Å²) in [7, 11) is 0. The third-order valence-electron chi connectivity index (χ3n) is 3.37. The van der Waals surface area contributed by atoms with Gasteiger partial charge in [-0.3, -0.25) is 9.97 Å². The number of nitrogens with zero attached hydrogens (tertiary/aromatic N) is 4. The fraction of sp³-hybridized carbons (Fsp3) is 0.286. The van der Waals surface area contributed by atoms with Crippen LogP contribution in [0.5, 0.6) is 0 Å². The molecule has 1 saturated heterocycles. The molecular weight excluding hydrogens is 270 g/mol. The standard InChI is InChI=1S/C14H13N5O2/c1-2-10-11(17-4-3-16-10)7-9(1)14-18-13(19-21-14)12-8-15-5-6-20-12/h1-4,7,12,15H,5-6,8H2. The van der Waals surface area contributed by atoms with Crippen molar-refractivity contribution in [3.8, 4) is 11.5 Å². The number of morpholine rings is 1. The Morgan fingerprint density at radius 3 is 2.90 bits per heavy atom. The lowest BCUT2D eigenvalue weighted by Gasteiger charge is -2.20. The normalized spacial score (nSPS) is 19.0. The zero-order valence-corrected chi connectivity index (χ0v) is 11.2. The summed E-state index contributed by atoms with van der Waals surface area (Å²) in [5.74, 6) is 1.03. The van der Waals surface area contributed by atoms with Gasteiger partial charge in [0, 0.05) is 31.0 Å². The maximum absolute atomic E-state index is 5.61. The van der Waals surface area contributed by atoms with Crippen LogP contribution in [-0.2, 0) is 4.74 Å². The Labute approximate surface area is 120 Å². The van der Waals surface area contributed by atoms with Gasteiger partial charge >= 0.3 is 0 Å². The molecule has 0 amide bonds. The first-order chi connectivity index (χ1) is 10.4. The number of nitrogens with one attached hydrogen (secondary N) is 1. The van der Waals surface area contributed by atoms with Gasteiger partial charge in [0.1, 0.15) is 6.10 Å². The summed E-state index contributed by atoms with van der Waals surface area (Å²) >= 11 is 0. The van der Waals surface area contributed by atoms with Crippen molar-refractivity contribution >= 4 is 11.0 Å². The van der Waals surface area contributed by atoms with Crippen LogP contribution in [0, 0.1) is 0 Å². The van der Waals surface area contributed by atoms with Crippen molar-refractivity contribution in [2.24, 2.45) is 0 Å². The molecule has 1 N–H and O–H groups in total. The minimum absolute atomic E-state index is 0.156. The first-order valence-corrected chi connectivity index (χ1v) is 6.77. The number of benzene rings is 1. The summed E-state index contributed by atoms with van der Waals surface area (Å²) in [5.41, 5.74) is 2.46. The topological polar surface area (TPSA) is 86.0 Å². The molecule has 1 atom stereocenters. The van der Waals surface area contributed by atoms with Gasteiger partial charge < -0.3 is 14.6 Å². The molecule has 1 aliphatic heterocycles. The summed E-state index contributed by atoms with van der Waals surface area (Å²) in [5, 5.41) is 7.25. The number of ether oxygens (including phenoxy) is 1. The maximum atomic E-state index is 5.61. The average molecular weight is 283 g/mol. The van der Waals surface area contributed by atoms with Crippen molar-refractivity contribution in [3.63, 3.8) is 0 Å². The quantitative estimate of drug-likeness (QED) is 0.759. The molecule has 3 aromatic rings. The SMILES string of the molecule is c1cnc2cc(-c3nc(C4CNCCO4)no3)ccc2n1. The number of hydrogen-bond donors (Lipinski definition) is 1. The number of rotatable bonds is 2. The Hall–Kier alpha value is -2.38. The molecule has 1 aromatic carbocycles. The Morgan fingerprint density at radius 2 is 2.05 bits per heavy atom. The van der Waals surface area contributed by atoms with Crippen molar-refractivity contribution in [1.29, 1.82) is 0 Å². The molecule has 0 aliphatic carbocycles. The molecule has 0 saturated carbocycles. The Kier molecular flexibility index (Phi) is 3.06.